The van der Waals surface area contributed by atoms with Crippen molar-refractivity contribution >= 4 is 28.3 Å². The van der Waals surface area contributed by atoms with Crippen molar-refractivity contribution in [3.8, 4) is 11.3 Å². The molecule has 5 nitrogen and oxygen atoms in total. The molecule has 1 aromatic carbocycles. The van der Waals surface area contributed by atoms with E-state index in [1.54, 1.807) is 17.4 Å². The van der Waals surface area contributed by atoms with Crippen molar-refractivity contribution in [2.75, 3.05) is 5.32 Å². The summed E-state index contributed by atoms with van der Waals surface area (Å²) in [5.74, 6) is -3.29. The van der Waals surface area contributed by atoms with Crippen LogP contribution in [0.5, 0.6) is 0 Å². The van der Waals surface area contributed by atoms with Gasteiger partial charge in [0.05, 0.1) is 12.1 Å². The predicted octanol–water partition coefficient (Wildman–Crippen LogP) is 3.50. The van der Waals surface area contributed by atoms with E-state index < -0.39 is 24.5 Å². The standard InChI is InChI=1S/C15H13F3N2O3S/c1-2-8-3-5-9(6-4-8)12-10(7-11(21)22)24-14(19-12)20-13(23)15(16,17)18/h3-6H,2,7H2,1H3,(H,21,22)(H,19,20,23). The number of carbonyl (C=O) groups is 2. The molecular formula is C15H13F3N2O3S. The summed E-state index contributed by atoms with van der Waals surface area (Å²) < 4.78 is 37.0. The number of amides is 1. The van der Waals surface area contributed by atoms with Gasteiger partial charge >= 0.3 is 18.1 Å². The first-order valence-electron chi connectivity index (χ1n) is 6.89. The number of nitrogens with one attached hydrogen (secondary N) is 1. The normalized spacial score (nSPS) is 11.3. The Kier molecular flexibility index (Phi) is 5.23. The smallest absolute Gasteiger partial charge is 0.471 e. The van der Waals surface area contributed by atoms with Gasteiger partial charge < -0.3 is 5.11 Å². The number of carboxylic acids is 1. The average Bonchev–Trinajstić information content (AvgIpc) is 2.88. The Morgan fingerprint density at radius 3 is 2.38 bits per heavy atom. The van der Waals surface area contributed by atoms with E-state index in [4.69, 9.17) is 5.11 Å². The third-order valence-corrected chi connectivity index (χ3v) is 4.09. The van der Waals surface area contributed by atoms with Crippen LogP contribution in [-0.4, -0.2) is 28.1 Å². The number of carboxylic acid groups (broad SMARTS) is 1. The van der Waals surface area contributed by atoms with Crippen molar-refractivity contribution in [1.82, 2.24) is 4.98 Å². The number of nitrogens with zero attached hydrogens (tertiary/aromatic N) is 1. The Morgan fingerprint density at radius 2 is 1.88 bits per heavy atom. The molecule has 1 amide bonds. The minimum atomic E-state index is -5.04. The van der Waals surface area contributed by atoms with Gasteiger partial charge in [0.25, 0.3) is 0 Å². The van der Waals surface area contributed by atoms with Gasteiger partial charge in [-0.3, -0.25) is 14.9 Å². The van der Waals surface area contributed by atoms with Gasteiger partial charge in [0, 0.05) is 10.4 Å². The maximum absolute atomic E-state index is 12.3. The molecule has 0 bridgehead atoms. The molecule has 0 atom stereocenters. The van der Waals surface area contributed by atoms with Gasteiger partial charge in [0.1, 0.15) is 0 Å². The summed E-state index contributed by atoms with van der Waals surface area (Å²) in [7, 11) is 0. The zero-order valence-corrected chi connectivity index (χ0v) is 13.3. The van der Waals surface area contributed by atoms with Crippen LogP contribution in [0.15, 0.2) is 24.3 Å². The number of carbonyl (C=O) groups excluding carboxylic acids is 1. The summed E-state index contributed by atoms with van der Waals surface area (Å²) in [5, 5.41) is 10.3. The molecule has 128 valence electrons. The van der Waals surface area contributed by atoms with Gasteiger partial charge in [-0.05, 0) is 12.0 Å². The molecular weight excluding hydrogens is 345 g/mol. The first-order chi connectivity index (χ1) is 11.2. The fraction of sp³-hybridized carbons (Fsp3) is 0.267. The number of rotatable bonds is 5. The van der Waals surface area contributed by atoms with Crippen LogP contribution in [0.1, 0.15) is 17.4 Å². The highest BCUT2D eigenvalue weighted by Crippen LogP contribution is 2.32. The summed E-state index contributed by atoms with van der Waals surface area (Å²) in [6.45, 7) is 1.97. The van der Waals surface area contributed by atoms with E-state index in [-0.39, 0.29) is 15.7 Å². The summed E-state index contributed by atoms with van der Waals surface area (Å²) in [5.41, 5.74) is 1.88. The van der Waals surface area contributed by atoms with Gasteiger partial charge in [-0.1, -0.05) is 31.2 Å². The number of alkyl halides is 3. The molecule has 9 heteroatoms. The van der Waals surface area contributed by atoms with Crippen molar-refractivity contribution < 1.29 is 27.9 Å². The quantitative estimate of drug-likeness (QED) is 0.857. The first kappa shape index (κ1) is 17.9. The lowest BCUT2D eigenvalue weighted by Gasteiger charge is -2.04. The molecule has 0 unspecified atom stereocenters. The van der Waals surface area contributed by atoms with E-state index in [1.807, 2.05) is 19.1 Å². The predicted molar refractivity (Wildman–Crippen MR) is 83.0 cm³/mol. The number of hydrogen-bond donors (Lipinski definition) is 2. The molecule has 0 saturated heterocycles. The number of hydrogen-bond acceptors (Lipinski definition) is 4. The van der Waals surface area contributed by atoms with E-state index in [1.165, 1.54) is 0 Å². The van der Waals surface area contributed by atoms with Crippen LogP contribution in [0.2, 0.25) is 0 Å². The SMILES string of the molecule is CCc1ccc(-c2nc(NC(=O)C(F)(F)F)sc2CC(=O)O)cc1. The second kappa shape index (κ2) is 7.00. The van der Waals surface area contributed by atoms with E-state index in [9.17, 15) is 22.8 Å². The van der Waals surface area contributed by atoms with Crippen LogP contribution >= 0.6 is 11.3 Å². The average molecular weight is 358 g/mol. The maximum Gasteiger partial charge on any atom is 0.471 e. The summed E-state index contributed by atoms with van der Waals surface area (Å²) in [6.07, 6.45) is -4.63. The number of aromatic nitrogens is 1. The molecule has 0 aliphatic rings. The molecule has 0 saturated carbocycles. The number of thiazole rings is 1. The molecule has 2 aromatic rings. The number of anilines is 1. The van der Waals surface area contributed by atoms with E-state index in [2.05, 4.69) is 4.98 Å². The highest BCUT2D eigenvalue weighted by Gasteiger charge is 2.39. The second-order valence-corrected chi connectivity index (χ2v) is 5.95. The number of halogens is 3. The van der Waals surface area contributed by atoms with Gasteiger partial charge in [-0.2, -0.15) is 13.2 Å². The van der Waals surface area contributed by atoms with E-state index in [0.29, 0.717) is 16.9 Å². The van der Waals surface area contributed by atoms with Crippen LogP contribution < -0.4 is 5.32 Å². The minimum absolute atomic E-state index is 0.252. The Hall–Kier alpha value is -2.42. The number of aryl methyl sites for hydroxylation is 1. The van der Waals surface area contributed by atoms with Crippen LogP contribution in [0.4, 0.5) is 18.3 Å². The summed E-state index contributed by atoms with van der Waals surface area (Å²) in [4.78, 5) is 26.2. The lowest BCUT2D eigenvalue weighted by atomic mass is 10.1. The zero-order chi connectivity index (χ0) is 17.9. The van der Waals surface area contributed by atoms with Crippen LogP contribution in [0.3, 0.4) is 0 Å². The molecule has 2 N–H and O–H groups in total. The van der Waals surface area contributed by atoms with Crippen molar-refractivity contribution in [3.05, 3.63) is 34.7 Å². The molecule has 1 aromatic heterocycles. The molecule has 1 heterocycles. The van der Waals surface area contributed by atoms with Gasteiger partial charge in [-0.15, -0.1) is 11.3 Å². The van der Waals surface area contributed by atoms with Crippen molar-refractivity contribution in [1.29, 1.82) is 0 Å². The monoisotopic (exact) mass is 358 g/mol. The Labute approximate surface area is 139 Å². The Balaban J connectivity index is 2.37. The fourth-order valence-electron chi connectivity index (χ4n) is 1.95. The molecule has 0 radical (unpaired) electrons. The number of benzene rings is 1. The topological polar surface area (TPSA) is 79.3 Å². The summed E-state index contributed by atoms with van der Waals surface area (Å²) in [6, 6.07) is 7.09. The van der Waals surface area contributed by atoms with Crippen LogP contribution in [0.25, 0.3) is 11.3 Å². The van der Waals surface area contributed by atoms with Gasteiger partial charge in [0.15, 0.2) is 5.13 Å². The highest BCUT2D eigenvalue weighted by molar-refractivity contribution is 7.16. The summed E-state index contributed by atoms with van der Waals surface area (Å²) >= 11 is 0.713. The largest absolute Gasteiger partial charge is 0.481 e. The van der Waals surface area contributed by atoms with Crippen LogP contribution in [-0.2, 0) is 22.4 Å². The second-order valence-electron chi connectivity index (χ2n) is 4.86. The van der Waals surface area contributed by atoms with Gasteiger partial charge in [0.2, 0.25) is 0 Å². The van der Waals surface area contributed by atoms with Crippen molar-refractivity contribution in [3.63, 3.8) is 0 Å². The number of aliphatic carboxylic acids is 1. The van der Waals surface area contributed by atoms with Crippen LogP contribution in [0, 0.1) is 0 Å². The minimum Gasteiger partial charge on any atom is -0.481 e. The Bertz CT molecular complexity index is 754. The Morgan fingerprint density at radius 1 is 1.25 bits per heavy atom. The maximum atomic E-state index is 12.3. The molecule has 0 spiro atoms. The molecule has 2 rings (SSSR count). The molecule has 24 heavy (non-hydrogen) atoms. The van der Waals surface area contributed by atoms with Crippen molar-refractivity contribution in [2.24, 2.45) is 0 Å². The van der Waals surface area contributed by atoms with Gasteiger partial charge in [-0.25, -0.2) is 4.98 Å². The van der Waals surface area contributed by atoms with E-state index >= 15 is 0 Å². The zero-order valence-electron chi connectivity index (χ0n) is 12.5. The highest BCUT2D eigenvalue weighted by atomic mass is 32.1. The fourth-order valence-corrected chi connectivity index (χ4v) is 2.92. The van der Waals surface area contributed by atoms with Crippen molar-refractivity contribution in [2.45, 2.75) is 25.9 Å². The lowest BCUT2D eigenvalue weighted by molar-refractivity contribution is -0.167. The lowest BCUT2D eigenvalue weighted by Crippen LogP contribution is -2.29. The third kappa shape index (κ3) is 4.31. The first-order valence-corrected chi connectivity index (χ1v) is 7.71. The molecule has 0 fully saturated rings. The third-order valence-electron chi connectivity index (χ3n) is 3.12. The van der Waals surface area contributed by atoms with E-state index in [0.717, 1.165) is 12.0 Å². The molecule has 0 aliphatic heterocycles. The molecule has 0 aliphatic carbocycles.